The number of methoxy groups -OCH3 is 1. The van der Waals surface area contributed by atoms with E-state index >= 15 is 0 Å². The van der Waals surface area contributed by atoms with E-state index in [9.17, 15) is 4.79 Å². The minimum absolute atomic E-state index is 0.0252. The van der Waals surface area contributed by atoms with Crippen LogP contribution in [-0.4, -0.2) is 19.6 Å². The number of carbonyl (C=O) groups is 1. The van der Waals surface area contributed by atoms with Crippen molar-refractivity contribution in [1.29, 1.82) is 0 Å². The highest BCUT2D eigenvalue weighted by molar-refractivity contribution is 6.35. The summed E-state index contributed by atoms with van der Waals surface area (Å²) in [5.41, 5.74) is 1.99. The van der Waals surface area contributed by atoms with Crippen molar-refractivity contribution in [2.75, 3.05) is 13.7 Å². The predicted octanol–water partition coefficient (Wildman–Crippen LogP) is 2.94. The molecule has 128 valence electrons. The summed E-state index contributed by atoms with van der Waals surface area (Å²) in [4.78, 5) is 12.0. The number of halogens is 2. The highest BCUT2D eigenvalue weighted by atomic mass is 35.5. The highest BCUT2D eigenvalue weighted by Gasteiger charge is 2.14. The molecule has 6 heteroatoms. The summed E-state index contributed by atoms with van der Waals surface area (Å²) in [7, 11) is 1.63. The van der Waals surface area contributed by atoms with Crippen molar-refractivity contribution >= 4 is 29.1 Å². The van der Waals surface area contributed by atoms with Gasteiger partial charge in [0, 0.05) is 17.1 Å². The maximum atomic E-state index is 12.0. The van der Waals surface area contributed by atoms with Crippen LogP contribution in [0.3, 0.4) is 0 Å². The standard InChI is InChI=1S/C18H20Cl2N2O2/c1-12(16-8-5-14(19)9-17(16)20)21-11-18(23)22-10-13-3-6-15(24-2)7-4-13/h3-9,12,21H,10-11H2,1-2H3,(H,22,23)/p+1/t12-/m0/s1. The van der Waals surface area contributed by atoms with Gasteiger partial charge in [0.15, 0.2) is 6.54 Å². The summed E-state index contributed by atoms with van der Waals surface area (Å²) in [5, 5.41) is 6.07. The fourth-order valence-electron chi connectivity index (χ4n) is 2.30. The zero-order valence-electron chi connectivity index (χ0n) is 13.7. The Bertz CT molecular complexity index is 690. The molecule has 2 rings (SSSR count). The molecule has 2 aromatic rings. The second kappa shape index (κ2) is 8.92. The zero-order valence-corrected chi connectivity index (χ0v) is 15.2. The minimum atomic E-state index is -0.0252. The van der Waals surface area contributed by atoms with Crippen LogP contribution in [0.5, 0.6) is 5.75 Å². The molecule has 0 saturated carbocycles. The molecule has 0 radical (unpaired) electrons. The van der Waals surface area contributed by atoms with Crippen LogP contribution >= 0.6 is 23.2 Å². The van der Waals surface area contributed by atoms with Crippen molar-refractivity contribution in [3.8, 4) is 5.75 Å². The molecule has 0 aliphatic rings. The fourth-order valence-corrected chi connectivity index (χ4v) is 2.88. The molecule has 3 N–H and O–H groups in total. The first-order valence-corrected chi connectivity index (χ1v) is 8.43. The van der Waals surface area contributed by atoms with Crippen molar-refractivity contribution < 1.29 is 14.8 Å². The van der Waals surface area contributed by atoms with Crippen molar-refractivity contribution in [2.24, 2.45) is 0 Å². The summed E-state index contributed by atoms with van der Waals surface area (Å²) in [6, 6.07) is 13.1. The Balaban J connectivity index is 1.79. The number of nitrogens with one attached hydrogen (secondary N) is 1. The van der Waals surface area contributed by atoms with E-state index in [-0.39, 0.29) is 11.9 Å². The van der Waals surface area contributed by atoms with E-state index in [2.05, 4.69) is 5.32 Å². The molecule has 1 amide bonds. The zero-order chi connectivity index (χ0) is 17.5. The quantitative estimate of drug-likeness (QED) is 0.790. The first-order chi connectivity index (χ1) is 11.5. The lowest BCUT2D eigenvalue weighted by Gasteiger charge is -2.13. The molecule has 0 heterocycles. The van der Waals surface area contributed by atoms with E-state index in [1.54, 1.807) is 19.2 Å². The monoisotopic (exact) mass is 367 g/mol. The van der Waals surface area contributed by atoms with Crippen LogP contribution in [0, 0.1) is 0 Å². The number of hydrogen-bond acceptors (Lipinski definition) is 2. The molecule has 2 aromatic carbocycles. The number of benzene rings is 2. The van der Waals surface area contributed by atoms with Gasteiger partial charge in [-0.1, -0.05) is 41.4 Å². The summed E-state index contributed by atoms with van der Waals surface area (Å²) in [5.74, 6) is 0.773. The van der Waals surface area contributed by atoms with Gasteiger partial charge in [-0.05, 0) is 36.8 Å². The molecule has 0 fully saturated rings. The molecular weight excluding hydrogens is 347 g/mol. The lowest BCUT2D eigenvalue weighted by atomic mass is 10.1. The van der Waals surface area contributed by atoms with Gasteiger partial charge in [-0.3, -0.25) is 4.79 Å². The Hall–Kier alpha value is -1.75. The molecule has 0 unspecified atom stereocenters. The van der Waals surface area contributed by atoms with Crippen molar-refractivity contribution in [3.63, 3.8) is 0 Å². The van der Waals surface area contributed by atoms with Crippen LogP contribution in [0.4, 0.5) is 0 Å². The smallest absolute Gasteiger partial charge is 0.275 e. The van der Waals surface area contributed by atoms with Gasteiger partial charge in [0.05, 0.1) is 12.1 Å². The third-order valence-corrected chi connectivity index (χ3v) is 4.32. The Morgan fingerprint density at radius 2 is 1.92 bits per heavy atom. The van der Waals surface area contributed by atoms with Crippen LogP contribution in [-0.2, 0) is 11.3 Å². The first-order valence-electron chi connectivity index (χ1n) is 7.67. The second-order valence-corrected chi connectivity index (χ2v) is 6.36. The van der Waals surface area contributed by atoms with Gasteiger partial charge in [-0.25, -0.2) is 0 Å². The molecular formula is C18H21Cl2N2O2+. The lowest BCUT2D eigenvalue weighted by molar-refractivity contribution is -0.682. The van der Waals surface area contributed by atoms with E-state index in [0.717, 1.165) is 16.9 Å². The van der Waals surface area contributed by atoms with Crippen LogP contribution in [0.15, 0.2) is 42.5 Å². The number of ether oxygens (including phenoxy) is 1. The average molecular weight is 368 g/mol. The van der Waals surface area contributed by atoms with E-state index in [1.165, 1.54) is 0 Å². The Morgan fingerprint density at radius 1 is 1.21 bits per heavy atom. The molecule has 0 spiro atoms. The van der Waals surface area contributed by atoms with Gasteiger partial charge >= 0.3 is 0 Å². The maximum Gasteiger partial charge on any atom is 0.275 e. The number of hydrogen-bond donors (Lipinski definition) is 2. The highest BCUT2D eigenvalue weighted by Crippen LogP contribution is 2.24. The third kappa shape index (κ3) is 5.41. The Labute approximate surface area is 152 Å². The molecule has 0 aliphatic heterocycles. The van der Waals surface area contributed by atoms with Crippen LogP contribution in [0.1, 0.15) is 24.1 Å². The van der Waals surface area contributed by atoms with Gasteiger partial charge in [0.25, 0.3) is 5.91 Å². The number of carbonyl (C=O) groups excluding carboxylic acids is 1. The largest absolute Gasteiger partial charge is 0.497 e. The predicted molar refractivity (Wildman–Crippen MR) is 96.5 cm³/mol. The van der Waals surface area contributed by atoms with Crippen LogP contribution in [0.2, 0.25) is 10.0 Å². The Kier molecular flexibility index (Phi) is 6.91. The molecule has 1 atom stereocenters. The van der Waals surface area contributed by atoms with Gasteiger partial charge < -0.3 is 15.4 Å². The molecule has 4 nitrogen and oxygen atoms in total. The number of nitrogens with two attached hydrogens (primary N) is 1. The third-order valence-electron chi connectivity index (χ3n) is 3.76. The topological polar surface area (TPSA) is 54.9 Å². The summed E-state index contributed by atoms with van der Waals surface area (Å²) >= 11 is 12.1. The van der Waals surface area contributed by atoms with Gasteiger partial charge in [-0.15, -0.1) is 0 Å². The minimum Gasteiger partial charge on any atom is -0.497 e. The summed E-state index contributed by atoms with van der Waals surface area (Å²) in [6.45, 7) is 2.83. The van der Waals surface area contributed by atoms with Gasteiger partial charge in [0.2, 0.25) is 0 Å². The van der Waals surface area contributed by atoms with Crippen molar-refractivity contribution in [3.05, 3.63) is 63.6 Å². The molecule has 0 saturated heterocycles. The van der Waals surface area contributed by atoms with Crippen molar-refractivity contribution in [1.82, 2.24) is 5.32 Å². The lowest BCUT2D eigenvalue weighted by Crippen LogP contribution is -2.87. The number of rotatable bonds is 7. The van der Waals surface area contributed by atoms with Gasteiger partial charge in [-0.2, -0.15) is 0 Å². The normalized spacial score (nSPS) is 11.8. The van der Waals surface area contributed by atoms with Crippen molar-refractivity contribution in [2.45, 2.75) is 19.5 Å². The number of amides is 1. The van der Waals surface area contributed by atoms with E-state index < -0.39 is 0 Å². The van der Waals surface area contributed by atoms with Crippen LogP contribution in [0.25, 0.3) is 0 Å². The Morgan fingerprint density at radius 3 is 2.54 bits per heavy atom. The maximum absolute atomic E-state index is 12.0. The SMILES string of the molecule is COc1ccc(CNC(=O)C[NH2+][C@@H](C)c2ccc(Cl)cc2Cl)cc1. The van der Waals surface area contributed by atoms with E-state index in [0.29, 0.717) is 23.1 Å². The number of quaternary nitrogens is 1. The molecule has 24 heavy (non-hydrogen) atoms. The van der Waals surface area contributed by atoms with E-state index in [4.69, 9.17) is 27.9 Å². The molecule has 0 aliphatic carbocycles. The van der Waals surface area contributed by atoms with Gasteiger partial charge in [0.1, 0.15) is 11.8 Å². The fraction of sp³-hybridized carbons (Fsp3) is 0.278. The van der Waals surface area contributed by atoms with E-state index in [1.807, 2.05) is 42.6 Å². The summed E-state index contributed by atoms with van der Waals surface area (Å²) < 4.78 is 5.11. The van der Waals surface area contributed by atoms with Crippen LogP contribution < -0.4 is 15.4 Å². The average Bonchev–Trinajstić information content (AvgIpc) is 2.58. The molecule has 0 aromatic heterocycles. The molecule has 0 bridgehead atoms. The summed E-state index contributed by atoms with van der Waals surface area (Å²) in [6.07, 6.45) is 0. The first kappa shape index (κ1) is 18.6. The second-order valence-electron chi connectivity index (χ2n) is 5.52.